The quantitative estimate of drug-likeness (QED) is 0.346. The van der Waals surface area contributed by atoms with E-state index in [1.807, 2.05) is 0 Å². The van der Waals surface area contributed by atoms with E-state index in [9.17, 15) is 0 Å². The van der Waals surface area contributed by atoms with Gasteiger partial charge in [-0.25, -0.2) is 4.79 Å². The number of hydrogen-bond donors (Lipinski definition) is 2. The third kappa shape index (κ3) is 84.4. The van der Waals surface area contributed by atoms with E-state index in [0.717, 1.165) is 0 Å². The van der Waals surface area contributed by atoms with Crippen molar-refractivity contribution in [2.45, 2.75) is 0 Å². The molecule has 0 heterocycles. The van der Waals surface area contributed by atoms with E-state index in [-0.39, 0.29) is 47.6 Å². The Morgan fingerprint density at radius 3 is 1.33 bits per heavy atom. The molecule has 0 bridgehead atoms. The Bertz CT molecular complexity index is 33.8. The molecule has 0 rings (SSSR count). The number of carboxylic acid groups (broad SMARTS) is 2. The van der Waals surface area contributed by atoms with Crippen LogP contribution in [0.1, 0.15) is 0 Å². The molecule has 0 aliphatic heterocycles. The summed E-state index contributed by atoms with van der Waals surface area (Å²) in [6, 6.07) is 0. The van der Waals surface area contributed by atoms with Gasteiger partial charge in [-0.1, -0.05) is 0 Å². The monoisotopic (exact) mass is 138 g/mol. The van der Waals surface area contributed by atoms with Crippen LogP contribution in [0.2, 0.25) is 0 Å². The molecule has 0 aromatic heterocycles. The van der Waals surface area contributed by atoms with Crippen LogP contribution in [-0.4, -0.2) is 54.1 Å². The molecule has 0 aromatic carbocycles. The van der Waals surface area contributed by atoms with Crippen LogP contribution in [0.15, 0.2) is 0 Å². The van der Waals surface area contributed by atoms with Crippen molar-refractivity contribution >= 4 is 53.8 Å². The van der Waals surface area contributed by atoms with Gasteiger partial charge >= 0.3 is 43.9 Å². The van der Waals surface area contributed by atoms with Gasteiger partial charge in [-0.15, -0.1) is 0 Å². The van der Waals surface area contributed by atoms with Gasteiger partial charge in [0.2, 0.25) is 0 Å². The number of rotatable bonds is 0. The third-order valence-corrected chi connectivity index (χ3v) is 0. The van der Waals surface area contributed by atoms with Crippen molar-refractivity contribution in [2.24, 2.45) is 0 Å². The first-order chi connectivity index (χ1) is 1.73. The Balaban J connectivity index is -0.0000000450. The second kappa shape index (κ2) is 9.35. The van der Waals surface area contributed by atoms with Gasteiger partial charge in [-0.2, -0.15) is 9.90 Å². The fourth-order valence-corrected chi connectivity index (χ4v) is 0. The van der Waals surface area contributed by atoms with Gasteiger partial charge in [0, 0.05) is 0 Å². The van der Waals surface area contributed by atoms with Crippen LogP contribution in [0.25, 0.3) is 0 Å². The topological polar surface area (TPSA) is 57.5 Å². The fourth-order valence-electron chi connectivity index (χ4n) is 0. The molecular formula is CH7CaO3P. The zero-order valence-corrected chi connectivity index (χ0v) is 3.92. The molecule has 0 amide bonds. The summed E-state index contributed by atoms with van der Waals surface area (Å²) in [6.07, 6.45) is -1.83. The van der Waals surface area contributed by atoms with Gasteiger partial charge < -0.3 is 10.2 Å². The second-order valence-corrected chi connectivity index (χ2v) is 0.283. The van der Waals surface area contributed by atoms with Crippen LogP contribution in [0.3, 0.4) is 0 Å². The summed E-state index contributed by atoms with van der Waals surface area (Å²) in [6.45, 7) is 0. The first-order valence-corrected chi connectivity index (χ1v) is 0.651. The van der Waals surface area contributed by atoms with Crippen LogP contribution < -0.4 is 0 Å². The average Bonchev–Trinajstić information content (AvgIpc) is 0.811. The number of carbonyl (C=O) groups is 1. The van der Waals surface area contributed by atoms with Gasteiger partial charge in [0.15, 0.2) is 0 Å². The SMILES string of the molecule is O=C(O)O.P.[CaH2]. The van der Waals surface area contributed by atoms with Crippen LogP contribution in [-0.2, 0) is 0 Å². The fraction of sp³-hybridized carbons (Fsp3) is 0. The van der Waals surface area contributed by atoms with Gasteiger partial charge in [0.25, 0.3) is 0 Å². The minimum absolute atomic E-state index is 0. The zero-order chi connectivity index (χ0) is 3.58. The maximum absolute atomic E-state index is 8.56. The molecule has 0 radical (unpaired) electrons. The zero-order valence-electron chi connectivity index (χ0n) is 2.51. The van der Waals surface area contributed by atoms with Crippen molar-refractivity contribution in [1.82, 2.24) is 0 Å². The Morgan fingerprint density at radius 2 is 1.33 bits per heavy atom. The van der Waals surface area contributed by atoms with Crippen molar-refractivity contribution in [3.63, 3.8) is 0 Å². The van der Waals surface area contributed by atoms with Crippen molar-refractivity contribution in [3.05, 3.63) is 0 Å². The van der Waals surface area contributed by atoms with Crippen molar-refractivity contribution in [1.29, 1.82) is 0 Å². The molecule has 2 N–H and O–H groups in total. The molecule has 1 unspecified atom stereocenters. The molecule has 0 saturated heterocycles. The molecule has 36 valence electrons. The summed E-state index contributed by atoms with van der Waals surface area (Å²) in [5, 5.41) is 13.9. The standard InChI is InChI=1S/CH2O3.Ca.H3P.2H/c2-1(3)4;;;;/h(H2,2,3,4);;1H3;;. The van der Waals surface area contributed by atoms with Crippen LogP contribution >= 0.6 is 9.90 Å². The number of hydrogen-bond acceptors (Lipinski definition) is 1. The average molecular weight is 138 g/mol. The van der Waals surface area contributed by atoms with Crippen LogP contribution in [0.5, 0.6) is 0 Å². The summed E-state index contributed by atoms with van der Waals surface area (Å²) >= 11 is 0. The molecule has 0 saturated carbocycles. The molecule has 0 aromatic rings. The van der Waals surface area contributed by atoms with Crippen LogP contribution in [0.4, 0.5) is 4.79 Å². The molecule has 0 aliphatic rings. The van der Waals surface area contributed by atoms with Gasteiger partial charge in [0.1, 0.15) is 0 Å². The first kappa shape index (κ1) is 15.8. The molecule has 0 fully saturated rings. The van der Waals surface area contributed by atoms with E-state index in [1.54, 1.807) is 0 Å². The molecule has 5 heteroatoms. The molecule has 0 spiro atoms. The molecular weight excluding hydrogens is 131 g/mol. The van der Waals surface area contributed by atoms with E-state index in [4.69, 9.17) is 15.0 Å². The first-order valence-electron chi connectivity index (χ1n) is 0.651. The predicted molar refractivity (Wildman–Crippen MR) is 30.3 cm³/mol. The predicted octanol–water partition coefficient (Wildman–Crippen LogP) is -0.636. The third-order valence-electron chi connectivity index (χ3n) is 0. The van der Waals surface area contributed by atoms with Crippen molar-refractivity contribution in [3.8, 4) is 0 Å². The van der Waals surface area contributed by atoms with Gasteiger partial charge in [-0.3, -0.25) is 0 Å². The van der Waals surface area contributed by atoms with E-state index in [2.05, 4.69) is 0 Å². The van der Waals surface area contributed by atoms with Gasteiger partial charge in [0.05, 0.1) is 0 Å². The summed E-state index contributed by atoms with van der Waals surface area (Å²) < 4.78 is 0. The summed E-state index contributed by atoms with van der Waals surface area (Å²) in [7, 11) is 0. The Hall–Kier alpha value is 0.960. The summed E-state index contributed by atoms with van der Waals surface area (Å²) in [4.78, 5) is 8.56. The molecule has 3 nitrogen and oxygen atoms in total. The summed E-state index contributed by atoms with van der Waals surface area (Å²) in [5.41, 5.74) is 0. The molecule has 0 aliphatic carbocycles. The Morgan fingerprint density at radius 1 is 1.33 bits per heavy atom. The van der Waals surface area contributed by atoms with E-state index >= 15 is 0 Å². The molecule has 6 heavy (non-hydrogen) atoms. The second-order valence-electron chi connectivity index (χ2n) is 0.283. The van der Waals surface area contributed by atoms with Crippen molar-refractivity contribution in [2.75, 3.05) is 0 Å². The normalized spacial score (nSPS) is 4.00. The van der Waals surface area contributed by atoms with E-state index in [0.29, 0.717) is 0 Å². The van der Waals surface area contributed by atoms with Crippen LogP contribution in [0, 0.1) is 0 Å². The Labute approximate surface area is 68.4 Å². The maximum atomic E-state index is 8.56. The van der Waals surface area contributed by atoms with Crippen molar-refractivity contribution < 1.29 is 15.0 Å². The van der Waals surface area contributed by atoms with E-state index < -0.39 is 6.16 Å². The molecule has 1 atom stereocenters. The Kier molecular flexibility index (Phi) is 24.6. The minimum atomic E-state index is -1.83. The van der Waals surface area contributed by atoms with Gasteiger partial charge in [-0.05, 0) is 0 Å². The van der Waals surface area contributed by atoms with E-state index in [1.165, 1.54) is 0 Å². The summed E-state index contributed by atoms with van der Waals surface area (Å²) in [5.74, 6) is 0.